The molecule has 0 saturated carbocycles. The van der Waals surface area contributed by atoms with Crippen LogP contribution >= 0.6 is 0 Å². The third-order valence-corrected chi connectivity index (χ3v) is 0.476. The molecule has 1 aromatic rings. The van der Waals surface area contributed by atoms with Crippen LogP contribution < -0.4 is 5.73 Å². The van der Waals surface area contributed by atoms with E-state index < -0.39 is 0 Å². The van der Waals surface area contributed by atoms with E-state index in [0.29, 0.717) is 6.54 Å². The van der Waals surface area contributed by atoms with Crippen molar-refractivity contribution < 1.29 is 9.52 Å². The summed E-state index contributed by atoms with van der Waals surface area (Å²) in [6.45, 7) is 0.472. The van der Waals surface area contributed by atoms with E-state index in [4.69, 9.17) is 10.8 Å². The van der Waals surface area contributed by atoms with Crippen molar-refractivity contribution in [3.63, 3.8) is 0 Å². The molecule has 0 aliphatic carbocycles. The number of aliphatic hydroxyl groups is 1. The normalized spacial score (nSPS) is 7.78. The Morgan fingerprint density at radius 3 is 2.44 bits per heavy atom. The Morgan fingerprint density at radius 2 is 2.33 bits per heavy atom. The van der Waals surface area contributed by atoms with Gasteiger partial charge in [0.2, 0.25) is 0 Å². The SMILES string of the molecule is NCCO.c1cocn1. The first-order chi connectivity index (χ1) is 4.41. The van der Waals surface area contributed by atoms with E-state index in [0.717, 1.165) is 0 Å². The average Bonchev–Trinajstić information content (AvgIpc) is 2.43. The molecule has 9 heavy (non-hydrogen) atoms. The number of nitrogens with two attached hydrogens (primary N) is 1. The van der Waals surface area contributed by atoms with Gasteiger partial charge < -0.3 is 15.3 Å². The van der Waals surface area contributed by atoms with Crippen molar-refractivity contribution in [2.24, 2.45) is 5.73 Å². The molecule has 0 radical (unpaired) electrons. The zero-order chi connectivity index (χ0) is 6.95. The van der Waals surface area contributed by atoms with Crippen LogP contribution in [0, 0.1) is 0 Å². The summed E-state index contributed by atoms with van der Waals surface area (Å²) in [5, 5.41) is 7.75. The van der Waals surface area contributed by atoms with Crippen molar-refractivity contribution >= 4 is 0 Å². The Balaban J connectivity index is 0.000000148. The third kappa shape index (κ3) is 7.13. The molecule has 1 rings (SSSR count). The number of rotatable bonds is 1. The minimum atomic E-state index is 0.0972. The van der Waals surface area contributed by atoms with Crippen LogP contribution in [-0.2, 0) is 0 Å². The predicted molar refractivity (Wildman–Crippen MR) is 32.6 cm³/mol. The van der Waals surface area contributed by atoms with Gasteiger partial charge in [-0.25, -0.2) is 4.98 Å². The van der Waals surface area contributed by atoms with E-state index in [1.165, 1.54) is 12.7 Å². The van der Waals surface area contributed by atoms with Crippen LogP contribution in [0.4, 0.5) is 0 Å². The molecule has 1 heterocycles. The molecule has 0 aliphatic heterocycles. The zero-order valence-corrected chi connectivity index (χ0v) is 5.03. The summed E-state index contributed by atoms with van der Waals surface area (Å²) in [5.74, 6) is 0. The number of nitrogens with zero attached hydrogens (tertiary/aromatic N) is 1. The van der Waals surface area contributed by atoms with Gasteiger partial charge in [-0.3, -0.25) is 0 Å². The fraction of sp³-hybridized carbons (Fsp3) is 0.400. The lowest BCUT2D eigenvalue weighted by atomic mass is 10.8. The highest BCUT2D eigenvalue weighted by Crippen LogP contribution is 1.72. The lowest BCUT2D eigenvalue weighted by Gasteiger charge is -1.71. The summed E-state index contributed by atoms with van der Waals surface area (Å²) in [4.78, 5) is 3.56. The van der Waals surface area contributed by atoms with Crippen LogP contribution in [0.5, 0.6) is 0 Å². The average molecular weight is 130 g/mol. The summed E-state index contributed by atoms with van der Waals surface area (Å²) in [6.07, 6.45) is 4.47. The van der Waals surface area contributed by atoms with Crippen LogP contribution in [0.3, 0.4) is 0 Å². The summed E-state index contributed by atoms with van der Waals surface area (Å²) in [7, 11) is 0. The first-order valence-corrected chi connectivity index (χ1v) is 2.55. The molecule has 4 nitrogen and oxygen atoms in total. The number of aliphatic hydroxyl groups excluding tert-OH is 1. The first kappa shape index (κ1) is 8.13. The molecule has 0 atom stereocenters. The molecule has 0 unspecified atom stereocenters. The van der Waals surface area contributed by atoms with Gasteiger partial charge in [-0.2, -0.15) is 0 Å². The molecule has 3 N–H and O–H groups in total. The topological polar surface area (TPSA) is 72.3 Å². The Labute approximate surface area is 53.3 Å². The lowest BCUT2D eigenvalue weighted by molar-refractivity contribution is 0.306. The molecule has 0 fully saturated rings. The van der Waals surface area contributed by atoms with Gasteiger partial charge in [0.15, 0.2) is 6.39 Å². The summed E-state index contributed by atoms with van der Waals surface area (Å²) in [5.41, 5.74) is 4.78. The number of aromatic nitrogens is 1. The van der Waals surface area contributed by atoms with Crippen molar-refractivity contribution in [3.05, 3.63) is 18.9 Å². The van der Waals surface area contributed by atoms with Crippen molar-refractivity contribution in [2.45, 2.75) is 0 Å². The number of hydrogen-bond donors (Lipinski definition) is 2. The van der Waals surface area contributed by atoms with E-state index in [-0.39, 0.29) is 6.61 Å². The van der Waals surface area contributed by atoms with E-state index in [1.807, 2.05) is 0 Å². The molecule has 0 aromatic carbocycles. The van der Waals surface area contributed by atoms with Gasteiger partial charge in [-0.15, -0.1) is 0 Å². The molecule has 0 saturated heterocycles. The molecule has 0 bridgehead atoms. The highest BCUT2D eigenvalue weighted by Gasteiger charge is 1.59. The molecule has 0 amide bonds. The summed E-state index contributed by atoms with van der Waals surface area (Å²) >= 11 is 0. The Kier molecular flexibility index (Phi) is 6.44. The minimum Gasteiger partial charge on any atom is -0.452 e. The van der Waals surface area contributed by atoms with Crippen LogP contribution in [-0.4, -0.2) is 23.2 Å². The number of oxazole rings is 1. The van der Waals surface area contributed by atoms with Crippen LogP contribution in [0.25, 0.3) is 0 Å². The van der Waals surface area contributed by atoms with Gasteiger partial charge in [0.25, 0.3) is 0 Å². The summed E-state index contributed by atoms with van der Waals surface area (Å²) < 4.78 is 4.47. The highest BCUT2D eigenvalue weighted by molar-refractivity contribution is 4.56. The molecule has 0 spiro atoms. The second-order valence-corrected chi connectivity index (χ2v) is 1.19. The van der Waals surface area contributed by atoms with Crippen molar-refractivity contribution in [1.82, 2.24) is 4.98 Å². The standard InChI is InChI=1S/C3H3NO.C2H7NO/c1-2-5-3-4-1;3-1-2-4/h1-3H;4H,1-3H2. The van der Waals surface area contributed by atoms with Crippen molar-refractivity contribution in [2.75, 3.05) is 13.2 Å². The van der Waals surface area contributed by atoms with E-state index in [1.54, 1.807) is 6.20 Å². The lowest BCUT2D eigenvalue weighted by Crippen LogP contribution is -2.02. The maximum absolute atomic E-state index is 7.75. The van der Waals surface area contributed by atoms with Crippen molar-refractivity contribution in [3.8, 4) is 0 Å². The molecular weight excluding hydrogens is 120 g/mol. The van der Waals surface area contributed by atoms with E-state index in [2.05, 4.69) is 9.40 Å². The Morgan fingerprint density at radius 1 is 1.67 bits per heavy atom. The van der Waals surface area contributed by atoms with Gasteiger partial charge in [0.1, 0.15) is 6.26 Å². The third-order valence-electron chi connectivity index (χ3n) is 0.476. The molecule has 0 aliphatic rings. The first-order valence-electron chi connectivity index (χ1n) is 2.55. The maximum Gasteiger partial charge on any atom is 0.180 e. The van der Waals surface area contributed by atoms with Crippen LogP contribution in [0.2, 0.25) is 0 Å². The smallest absolute Gasteiger partial charge is 0.180 e. The second-order valence-electron chi connectivity index (χ2n) is 1.19. The largest absolute Gasteiger partial charge is 0.452 e. The molecule has 4 heteroatoms. The fourth-order valence-electron chi connectivity index (χ4n) is 0.176. The highest BCUT2D eigenvalue weighted by atomic mass is 16.3. The van der Waals surface area contributed by atoms with E-state index in [9.17, 15) is 0 Å². The fourth-order valence-corrected chi connectivity index (χ4v) is 0.176. The molecule has 52 valence electrons. The van der Waals surface area contributed by atoms with Gasteiger partial charge in [0.05, 0.1) is 12.8 Å². The van der Waals surface area contributed by atoms with E-state index >= 15 is 0 Å². The van der Waals surface area contributed by atoms with Crippen molar-refractivity contribution in [1.29, 1.82) is 0 Å². The quantitative estimate of drug-likeness (QED) is 0.543. The summed E-state index contributed by atoms with van der Waals surface area (Å²) in [6, 6.07) is 0. The predicted octanol–water partition coefficient (Wildman–Crippen LogP) is -0.388. The van der Waals surface area contributed by atoms with Crippen LogP contribution in [0.1, 0.15) is 0 Å². The minimum absolute atomic E-state index is 0.0972. The second kappa shape index (κ2) is 7.13. The zero-order valence-electron chi connectivity index (χ0n) is 5.03. The Bertz CT molecular complexity index is 88.5. The number of hydrogen-bond acceptors (Lipinski definition) is 4. The van der Waals surface area contributed by atoms with Gasteiger partial charge >= 0.3 is 0 Å². The Hall–Kier alpha value is -0.870. The molecular formula is C5H10N2O2. The van der Waals surface area contributed by atoms with Crippen LogP contribution in [0.15, 0.2) is 23.3 Å². The maximum atomic E-state index is 7.75. The monoisotopic (exact) mass is 130 g/mol. The van der Waals surface area contributed by atoms with Gasteiger partial charge in [-0.1, -0.05) is 0 Å². The van der Waals surface area contributed by atoms with Gasteiger partial charge in [-0.05, 0) is 0 Å². The van der Waals surface area contributed by atoms with Gasteiger partial charge in [0, 0.05) is 6.54 Å². The molecule has 1 aromatic heterocycles.